The van der Waals surface area contributed by atoms with Crippen LogP contribution in [-0.2, 0) is 28.4 Å². The Hall–Kier alpha value is -1.00. The zero-order valence-corrected chi connectivity index (χ0v) is 17.2. The molecule has 0 unspecified atom stereocenters. The number of nitrogens with zero attached hydrogens (tertiary/aromatic N) is 1. The highest BCUT2D eigenvalue weighted by atomic mass is 19.1. The van der Waals surface area contributed by atoms with Gasteiger partial charge in [-0.15, -0.1) is 0 Å². The minimum absolute atomic E-state index is 0.112. The SMILES string of the molecule is CN(CCOCCOCCOCCOCCOCCF)C(=O)OC(C)(C)C. The summed E-state index contributed by atoms with van der Waals surface area (Å²) in [6.45, 7) is 9.61. The normalized spacial score (nSPS) is 11.6. The number of ether oxygens (including phenoxy) is 6. The van der Waals surface area contributed by atoms with E-state index in [1.165, 1.54) is 4.90 Å². The molecule has 0 radical (unpaired) electrons. The maximum absolute atomic E-state index is 11.7. The molecule has 0 aliphatic carbocycles. The summed E-state index contributed by atoms with van der Waals surface area (Å²) < 4.78 is 43.3. The molecule has 0 aliphatic heterocycles. The summed E-state index contributed by atoms with van der Waals surface area (Å²) in [7, 11) is 1.67. The highest BCUT2D eigenvalue weighted by Gasteiger charge is 2.19. The molecule has 0 rings (SSSR count). The molecular formula is C18H36FNO7. The van der Waals surface area contributed by atoms with Crippen LogP contribution in [0.25, 0.3) is 0 Å². The van der Waals surface area contributed by atoms with Gasteiger partial charge in [0.15, 0.2) is 0 Å². The molecule has 1 amide bonds. The summed E-state index contributed by atoms with van der Waals surface area (Å²) in [5.74, 6) is 0. The molecular weight excluding hydrogens is 361 g/mol. The molecule has 0 bridgehead atoms. The van der Waals surface area contributed by atoms with Crippen molar-refractivity contribution in [3.8, 4) is 0 Å². The van der Waals surface area contributed by atoms with E-state index in [1.54, 1.807) is 7.05 Å². The van der Waals surface area contributed by atoms with Crippen molar-refractivity contribution in [1.29, 1.82) is 0 Å². The number of hydrogen-bond donors (Lipinski definition) is 0. The molecule has 0 saturated carbocycles. The van der Waals surface area contributed by atoms with Crippen LogP contribution in [0.4, 0.5) is 9.18 Å². The molecule has 0 atom stereocenters. The third kappa shape index (κ3) is 19.6. The Morgan fingerprint density at radius 3 is 1.48 bits per heavy atom. The van der Waals surface area contributed by atoms with Crippen molar-refractivity contribution in [2.45, 2.75) is 26.4 Å². The Labute approximate surface area is 162 Å². The number of amides is 1. The van der Waals surface area contributed by atoms with Crippen molar-refractivity contribution < 1.29 is 37.6 Å². The summed E-state index contributed by atoms with van der Waals surface area (Å²) in [4.78, 5) is 13.2. The third-order valence-electron chi connectivity index (χ3n) is 2.99. The van der Waals surface area contributed by atoms with E-state index in [2.05, 4.69) is 0 Å². The van der Waals surface area contributed by atoms with Gasteiger partial charge in [0.25, 0.3) is 0 Å². The fourth-order valence-electron chi connectivity index (χ4n) is 1.67. The molecule has 9 heteroatoms. The van der Waals surface area contributed by atoms with Gasteiger partial charge in [0.05, 0.1) is 66.1 Å². The van der Waals surface area contributed by atoms with Crippen LogP contribution in [0, 0.1) is 0 Å². The van der Waals surface area contributed by atoms with Gasteiger partial charge in [-0.1, -0.05) is 0 Å². The van der Waals surface area contributed by atoms with E-state index < -0.39 is 12.3 Å². The maximum atomic E-state index is 11.7. The van der Waals surface area contributed by atoms with Crippen LogP contribution >= 0.6 is 0 Å². The number of likely N-dealkylation sites (N-methyl/N-ethyl adjacent to an activating group) is 1. The van der Waals surface area contributed by atoms with Gasteiger partial charge in [-0.25, -0.2) is 9.18 Å². The van der Waals surface area contributed by atoms with Crippen LogP contribution in [0.1, 0.15) is 20.8 Å². The lowest BCUT2D eigenvalue weighted by Crippen LogP contribution is -2.36. The Kier molecular flexibility index (Phi) is 16.5. The van der Waals surface area contributed by atoms with Crippen LogP contribution in [0.5, 0.6) is 0 Å². The molecule has 0 spiro atoms. The first-order valence-corrected chi connectivity index (χ1v) is 9.25. The lowest BCUT2D eigenvalue weighted by atomic mass is 10.2. The number of carbonyl (C=O) groups excluding carboxylic acids is 1. The van der Waals surface area contributed by atoms with E-state index in [9.17, 15) is 9.18 Å². The molecule has 0 aliphatic rings. The third-order valence-corrected chi connectivity index (χ3v) is 2.99. The molecule has 27 heavy (non-hydrogen) atoms. The maximum Gasteiger partial charge on any atom is 0.410 e. The molecule has 0 aromatic heterocycles. The summed E-state index contributed by atoms with van der Waals surface area (Å²) in [5, 5.41) is 0. The summed E-state index contributed by atoms with van der Waals surface area (Å²) in [6, 6.07) is 0. The van der Waals surface area contributed by atoms with E-state index in [0.29, 0.717) is 66.0 Å². The first-order valence-electron chi connectivity index (χ1n) is 9.25. The van der Waals surface area contributed by atoms with E-state index in [4.69, 9.17) is 28.4 Å². The predicted octanol–water partition coefficient (Wildman–Crippen LogP) is 1.91. The molecule has 0 saturated heterocycles. The van der Waals surface area contributed by atoms with Gasteiger partial charge in [-0.3, -0.25) is 0 Å². The topological polar surface area (TPSA) is 75.7 Å². The molecule has 0 aromatic rings. The fourth-order valence-corrected chi connectivity index (χ4v) is 1.67. The van der Waals surface area contributed by atoms with Crippen LogP contribution in [0.2, 0.25) is 0 Å². The van der Waals surface area contributed by atoms with Gasteiger partial charge in [0, 0.05) is 13.6 Å². The van der Waals surface area contributed by atoms with Crippen molar-refractivity contribution in [2.75, 3.05) is 86.3 Å². The van der Waals surface area contributed by atoms with Crippen molar-refractivity contribution in [2.24, 2.45) is 0 Å². The first kappa shape index (κ1) is 26.0. The summed E-state index contributed by atoms with van der Waals surface area (Å²) in [6.07, 6.45) is -0.365. The van der Waals surface area contributed by atoms with Crippen LogP contribution in [0.3, 0.4) is 0 Å². The molecule has 162 valence electrons. The van der Waals surface area contributed by atoms with E-state index in [0.717, 1.165) is 0 Å². The monoisotopic (exact) mass is 397 g/mol. The van der Waals surface area contributed by atoms with Crippen molar-refractivity contribution >= 4 is 6.09 Å². The highest BCUT2D eigenvalue weighted by molar-refractivity contribution is 5.67. The van der Waals surface area contributed by atoms with Crippen molar-refractivity contribution in [3.63, 3.8) is 0 Å². The molecule has 0 fully saturated rings. The average molecular weight is 397 g/mol. The van der Waals surface area contributed by atoms with Crippen LogP contribution < -0.4 is 0 Å². The number of rotatable bonds is 17. The second-order valence-corrected chi connectivity index (χ2v) is 6.65. The number of halogens is 1. The van der Waals surface area contributed by atoms with Gasteiger partial charge >= 0.3 is 6.09 Å². The first-order chi connectivity index (χ1) is 12.9. The van der Waals surface area contributed by atoms with Crippen LogP contribution in [-0.4, -0.2) is 103 Å². The van der Waals surface area contributed by atoms with Gasteiger partial charge in [-0.2, -0.15) is 0 Å². The minimum atomic E-state index is -0.501. The predicted molar refractivity (Wildman–Crippen MR) is 98.9 cm³/mol. The lowest BCUT2D eigenvalue weighted by Gasteiger charge is -2.24. The molecule has 0 N–H and O–H groups in total. The van der Waals surface area contributed by atoms with Crippen LogP contribution in [0.15, 0.2) is 0 Å². The zero-order valence-electron chi connectivity index (χ0n) is 17.2. The zero-order chi connectivity index (χ0) is 20.4. The Morgan fingerprint density at radius 1 is 0.741 bits per heavy atom. The Bertz CT molecular complexity index is 353. The highest BCUT2D eigenvalue weighted by Crippen LogP contribution is 2.08. The summed E-state index contributed by atoms with van der Waals surface area (Å²) >= 11 is 0. The largest absolute Gasteiger partial charge is 0.444 e. The molecule has 0 heterocycles. The smallest absolute Gasteiger partial charge is 0.410 e. The van der Waals surface area contributed by atoms with Crippen molar-refractivity contribution in [1.82, 2.24) is 4.90 Å². The second-order valence-electron chi connectivity index (χ2n) is 6.65. The quantitative estimate of drug-likeness (QED) is 0.347. The number of carbonyl (C=O) groups is 1. The Morgan fingerprint density at radius 2 is 1.11 bits per heavy atom. The fraction of sp³-hybridized carbons (Fsp3) is 0.944. The standard InChI is InChI=1S/C18H36FNO7/c1-18(2,3)27-17(21)20(4)6-8-23-10-12-25-14-16-26-15-13-24-11-9-22-7-5-19/h5-16H2,1-4H3. The van der Waals surface area contributed by atoms with Crippen molar-refractivity contribution in [3.05, 3.63) is 0 Å². The molecule has 8 nitrogen and oxygen atoms in total. The van der Waals surface area contributed by atoms with Gasteiger partial charge < -0.3 is 33.3 Å². The van der Waals surface area contributed by atoms with Gasteiger partial charge in [0.1, 0.15) is 12.3 Å². The summed E-state index contributed by atoms with van der Waals surface area (Å²) in [5.41, 5.74) is -0.501. The van der Waals surface area contributed by atoms with E-state index >= 15 is 0 Å². The Balaban J connectivity index is 3.26. The van der Waals surface area contributed by atoms with Gasteiger partial charge in [0.2, 0.25) is 0 Å². The number of hydrogen-bond acceptors (Lipinski definition) is 7. The lowest BCUT2D eigenvalue weighted by molar-refractivity contribution is -0.0135. The molecule has 0 aromatic carbocycles. The number of alkyl halides is 1. The second kappa shape index (κ2) is 17.1. The minimum Gasteiger partial charge on any atom is -0.444 e. The van der Waals surface area contributed by atoms with Gasteiger partial charge in [-0.05, 0) is 20.8 Å². The van der Waals surface area contributed by atoms with E-state index in [1.807, 2.05) is 20.8 Å². The average Bonchev–Trinajstić information content (AvgIpc) is 2.59. The van der Waals surface area contributed by atoms with E-state index in [-0.39, 0.29) is 12.7 Å².